The van der Waals surface area contributed by atoms with Gasteiger partial charge in [-0.15, -0.1) is 0 Å². The Bertz CT molecular complexity index is 493. The molecule has 6 heteroatoms. The summed E-state index contributed by atoms with van der Waals surface area (Å²) in [6.07, 6.45) is 3.16. The maximum absolute atomic E-state index is 12.9. The van der Waals surface area contributed by atoms with Gasteiger partial charge in [0.2, 0.25) is 11.8 Å². The normalized spacial score (nSPS) is 40.6. The van der Waals surface area contributed by atoms with Crippen LogP contribution in [0, 0.1) is 11.3 Å². The number of nitrogens with one attached hydrogen (secondary N) is 1. The molecule has 0 bridgehead atoms. The summed E-state index contributed by atoms with van der Waals surface area (Å²) in [5, 5.41) is 3.09. The molecule has 3 rings (SSSR count). The number of likely N-dealkylation sites (tertiary alicyclic amines) is 1. The van der Waals surface area contributed by atoms with E-state index in [1.54, 1.807) is 11.9 Å². The van der Waals surface area contributed by atoms with E-state index in [0.717, 1.165) is 19.4 Å². The molecule has 4 unspecified atom stereocenters. The number of nitrogens with two attached hydrogens (primary N) is 1. The first-order valence-electron chi connectivity index (χ1n) is 8.24. The van der Waals surface area contributed by atoms with Gasteiger partial charge < -0.3 is 20.7 Å². The van der Waals surface area contributed by atoms with Crippen molar-refractivity contribution in [3.8, 4) is 0 Å². The number of fused-ring (bicyclic) bond motifs is 1. The van der Waals surface area contributed by atoms with E-state index in [4.69, 9.17) is 10.5 Å². The van der Waals surface area contributed by atoms with Crippen LogP contribution in [0.4, 0.5) is 0 Å². The van der Waals surface area contributed by atoms with Gasteiger partial charge in [-0.05, 0) is 19.3 Å². The van der Waals surface area contributed by atoms with Crippen LogP contribution in [0.1, 0.15) is 39.5 Å². The van der Waals surface area contributed by atoms with Crippen molar-refractivity contribution in [3.63, 3.8) is 0 Å². The average Bonchev–Trinajstić information content (AvgIpc) is 2.50. The van der Waals surface area contributed by atoms with Crippen LogP contribution in [0.3, 0.4) is 0 Å². The van der Waals surface area contributed by atoms with Crippen LogP contribution in [0.15, 0.2) is 0 Å². The van der Waals surface area contributed by atoms with Gasteiger partial charge in [-0.25, -0.2) is 0 Å². The zero-order valence-corrected chi connectivity index (χ0v) is 13.7. The molecule has 2 amide bonds. The number of hydrogen-bond acceptors (Lipinski definition) is 4. The summed E-state index contributed by atoms with van der Waals surface area (Å²) in [7, 11) is 1.77. The van der Waals surface area contributed by atoms with Crippen LogP contribution in [0.5, 0.6) is 0 Å². The molecule has 2 saturated heterocycles. The number of carbonyl (C=O) groups is 2. The van der Waals surface area contributed by atoms with E-state index < -0.39 is 5.54 Å². The van der Waals surface area contributed by atoms with Gasteiger partial charge in [0.05, 0.1) is 6.10 Å². The zero-order chi connectivity index (χ0) is 16.1. The van der Waals surface area contributed by atoms with E-state index in [9.17, 15) is 9.59 Å². The zero-order valence-electron chi connectivity index (χ0n) is 13.7. The lowest BCUT2D eigenvalue weighted by Crippen LogP contribution is -2.82. The first kappa shape index (κ1) is 15.7. The first-order chi connectivity index (χ1) is 10.3. The first-order valence-corrected chi connectivity index (χ1v) is 8.24. The summed E-state index contributed by atoms with van der Waals surface area (Å²) in [6.45, 7) is 5.37. The van der Waals surface area contributed by atoms with E-state index in [1.165, 1.54) is 0 Å². The van der Waals surface area contributed by atoms with Crippen molar-refractivity contribution < 1.29 is 14.3 Å². The molecule has 0 aromatic rings. The quantitative estimate of drug-likeness (QED) is 0.766. The van der Waals surface area contributed by atoms with Gasteiger partial charge in [0.25, 0.3) is 0 Å². The number of nitrogens with zero attached hydrogens (tertiary/aromatic N) is 1. The van der Waals surface area contributed by atoms with Gasteiger partial charge in [0.1, 0.15) is 5.54 Å². The fraction of sp³-hybridized carbons (Fsp3) is 0.875. The predicted molar refractivity (Wildman–Crippen MR) is 82.0 cm³/mol. The van der Waals surface area contributed by atoms with Crippen LogP contribution in [-0.4, -0.2) is 54.6 Å². The smallest absolute Gasteiger partial charge is 0.241 e. The molecule has 3 N–H and O–H groups in total. The maximum atomic E-state index is 12.9. The Morgan fingerprint density at radius 2 is 2.14 bits per heavy atom. The lowest BCUT2D eigenvalue weighted by molar-refractivity contribution is -0.225. The Balaban J connectivity index is 1.70. The number of ether oxygens (including phenoxy) is 1. The molecular weight excluding hydrogens is 282 g/mol. The SMILES string of the molecule is CN1CC(NC(=O)C2(N)C3CCCOC3C2(C)C)CCC1=O. The van der Waals surface area contributed by atoms with Crippen LogP contribution in [0.25, 0.3) is 0 Å². The molecule has 2 aliphatic heterocycles. The molecule has 0 aromatic carbocycles. The van der Waals surface area contributed by atoms with Gasteiger partial charge in [-0.1, -0.05) is 13.8 Å². The third-order valence-corrected chi connectivity index (χ3v) is 6.02. The van der Waals surface area contributed by atoms with Gasteiger partial charge in [0, 0.05) is 44.0 Å². The average molecular weight is 309 g/mol. The van der Waals surface area contributed by atoms with E-state index >= 15 is 0 Å². The van der Waals surface area contributed by atoms with Crippen molar-refractivity contribution >= 4 is 11.8 Å². The minimum atomic E-state index is -0.877. The highest BCUT2D eigenvalue weighted by Gasteiger charge is 2.70. The maximum Gasteiger partial charge on any atom is 0.241 e. The lowest BCUT2D eigenvalue weighted by atomic mass is 9.46. The molecule has 4 atom stereocenters. The highest BCUT2D eigenvalue weighted by atomic mass is 16.5. The number of likely N-dealkylation sites (N-methyl/N-ethyl adjacent to an activating group) is 1. The summed E-state index contributed by atoms with van der Waals surface area (Å²) in [6, 6.07) is -0.00464. The minimum absolute atomic E-state index is 0.00464. The molecule has 0 spiro atoms. The van der Waals surface area contributed by atoms with Crippen molar-refractivity contribution in [1.82, 2.24) is 10.2 Å². The van der Waals surface area contributed by atoms with E-state index in [1.807, 2.05) is 13.8 Å². The Morgan fingerprint density at radius 3 is 2.82 bits per heavy atom. The van der Waals surface area contributed by atoms with Crippen LogP contribution >= 0.6 is 0 Å². The van der Waals surface area contributed by atoms with Gasteiger partial charge in [-0.3, -0.25) is 9.59 Å². The van der Waals surface area contributed by atoms with Crippen molar-refractivity contribution in [2.24, 2.45) is 17.1 Å². The predicted octanol–water partition coefficient (Wildman–Crippen LogP) is 0.256. The number of piperidine rings is 1. The molecule has 1 saturated carbocycles. The molecule has 124 valence electrons. The largest absolute Gasteiger partial charge is 0.377 e. The Hall–Kier alpha value is -1.14. The minimum Gasteiger partial charge on any atom is -0.377 e. The molecule has 2 heterocycles. The van der Waals surface area contributed by atoms with Crippen LogP contribution < -0.4 is 11.1 Å². The van der Waals surface area contributed by atoms with Crippen LogP contribution in [-0.2, 0) is 14.3 Å². The fourth-order valence-electron chi connectivity index (χ4n) is 4.47. The molecule has 3 fully saturated rings. The van der Waals surface area contributed by atoms with E-state index in [-0.39, 0.29) is 35.3 Å². The topological polar surface area (TPSA) is 84.7 Å². The Labute approximate surface area is 131 Å². The summed E-state index contributed by atoms with van der Waals surface area (Å²) in [5.41, 5.74) is 5.35. The molecule has 0 radical (unpaired) electrons. The second kappa shape index (κ2) is 5.20. The highest BCUT2D eigenvalue weighted by molar-refractivity contribution is 5.90. The third-order valence-electron chi connectivity index (χ3n) is 6.02. The number of rotatable bonds is 2. The molecule has 3 aliphatic rings. The Kier molecular flexibility index (Phi) is 3.72. The highest BCUT2D eigenvalue weighted by Crippen LogP contribution is 2.57. The van der Waals surface area contributed by atoms with Gasteiger partial charge in [0.15, 0.2) is 0 Å². The van der Waals surface area contributed by atoms with E-state index in [0.29, 0.717) is 19.4 Å². The van der Waals surface area contributed by atoms with Crippen molar-refractivity contribution in [3.05, 3.63) is 0 Å². The second-order valence-corrected chi connectivity index (χ2v) is 7.61. The molecule has 0 aromatic heterocycles. The summed E-state index contributed by atoms with van der Waals surface area (Å²) in [5.74, 6) is 0.147. The van der Waals surface area contributed by atoms with Crippen molar-refractivity contribution in [2.75, 3.05) is 20.2 Å². The lowest BCUT2D eigenvalue weighted by Gasteiger charge is -2.65. The van der Waals surface area contributed by atoms with Gasteiger partial charge in [-0.2, -0.15) is 0 Å². The second-order valence-electron chi connectivity index (χ2n) is 7.61. The van der Waals surface area contributed by atoms with Crippen LogP contribution in [0.2, 0.25) is 0 Å². The van der Waals surface area contributed by atoms with Crippen molar-refractivity contribution in [1.29, 1.82) is 0 Å². The number of hydrogen-bond donors (Lipinski definition) is 2. The standard InChI is InChI=1S/C16H27N3O3/c1-15(2)13-11(5-4-8-22-13)16(15,17)14(21)18-10-6-7-12(20)19(3)9-10/h10-11,13H,4-9,17H2,1-3H3,(H,18,21). The molecule has 22 heavy (non-hydrogen) atoms. The third kappa shape index (κ3) is 2.07. The molecule has 1 aliphatic carbocycles. The molecule has 6 nitrogen and oxygen atoms in total. The van der Waals surface area contributed by atoms with E-state index in [2.05, 4.69) is 5.32 Å². The van der Waals surface area contributed by atoms with Crippen molar-refractivity contribution in [2.45, 2.75) is 57.2 Å². The van der Waals surface area contributed by atoms with Gasteiger partial charge >= 0.3 is 0 Å². The summed E-state index contributed by atoms with van der Waals surface area (Å²) in [4.78, 5) is 26.1. The summed E-state index contributed by atoms with van der Waals surface area (Å²) >= 11 is 0. The number of carbonyl (C=O) groups excluding carboxylic acids is 2. The fourth-order valence-corrected chi connectivity index (χ4v) is 4.47. The number of amides is 2. The summed E-state index contributed by atoms with van der Waals surface area (Å²) < 4.78 is 5.85. The Morgan fingerprint density at radius 1 is 1.41 bits per heavy atom. The molecular formula is C16H27N3O3. The monoisotopic (exact) mass is 309 g/mol.